The molecule has 26 heavy (non-hydrogen) atoms. The first-order valence-electron chi connectivity index (χ1n) is 9.27. The van der Waals surface area contributed by atoms with Crippen molar-refractivity contribution in [2.24, 2.45) is 0 Å². The van der Waals surface area contributed by atoms with Gasteiger partial charge in [-0.15, -0.1) is 0 Å². The zero-order valence-corrected chi connectivity index (χ0v) is 16.0. The molecule has 1 atom stereocenters. The van der Waals surface area contributed by atoms with Gasteiger partial charge in [-0.1, -0.05) is 36.2 Å². The van der Waals surface area contributed by atoms with Gasteiger partial charge in [-0.2, -0.15) is 0 Å². The van der Waals surface area contributed by atoms with E-state index in [1.807, 2.05) is 25.1 Å². The number of rotatable bonds is 4. The van der Waals surface area contributed by atoms with E-state index in [4.69, 9.17) is 16.3 Å². The van der Waals surface area contributed by atoms with Crippen molar-refractivity contribution >= 4 is 23.6 Å². The minimum absolute atomic E-state index is 0.0452. The molecule has 3 rings (SSSR count). The third-order valence-electron chi connectivity index (χ3n) is 5.17. The summed E-state index contributed by atoms with van der Waals surface area (Å²) in [5, 5.41) is 3.43. The summed E-state index contributed by atoms with van der Waals surface area (Å²) in [7, 11) is 0. The van der Waals surface area contributed by atoms with Crippen LogP contribution in [0.25, 0.3) is 0 Å². The van der Waals surface area contributed by atoms with Gasteiger partial charge in [0.25, 0.3) is 0 Å². The monoisotopic (exact) mass is 376 g/mol. The molecule has 1 heterocycles. The molecule has 6 heteroatoms. The Hall–Kier alpha value is -2.01. The molecule has 1 aliphatic heterocycles. The lowest BCUT2D eigenvalue weighted by molar-refractivity contribution is -0.146. The molecule has 2 aliphatic rings. The second-order valence-corrected chi connectivity index (χ2v) is 7.22. The molecule has 1 aromatic carbocycles. The Kier molecular flexibility index (Phi) is 5.87. The van der Waals surface area contributed by atoms with Gasteiger partial charge in [0.2, 0.25) is 0 Å². The highest BCUT2D eigenvalue weighted by Crippen LogP contribution is 2.35. The minimum atomic E-state index is -0.602. The number of nitrogens with zero attached hydrogens (tertiary/aromatic N) is 1. The van der Waals surface area contributed by atoms with Gasteiger partial charge in [0, 0.05) is 17.3 Å². The van der Waals surface area contributed by atoms with Crippen LogP contribution in [0, 0.1) is 0 Å². The average Bonchev–Trinajstić information content (AvgIpc) is 2.62. The lowest BCUT2D eigenvalue weighted by atomic mass is 9.94. The van der Waals surface area contributed by atoms with Crippen molar-refractivity contribution in [1.29, 1.82) is 0 Å². The van der Waals surface area contributed by atoms with Crippen molar-refractivity contribution in [3.05, 3.63) is 46.1 Å². The van der Waals surface area contributed by atoms with E-state index in [-0.39, 0.29) is 18.1 Å². The highest BCUT2D eigenvalue weighted by molar-refractivity contribution is 6.31. The molecule has 1 fully saturated rings. The van der Waals surface area contributed by atoms with Crippen LogP contribution in [0.2, 0.25) is 5.02 Å². The van der Waals surface area contributed by atoms with E-state index >= 15 is 0 Å². The molecule has 0 bridgehead atoms. The lowest BCUT2D eigenvalue weighted by Gasteiger charge is -2.35. The quantitative estimate of drug-likeness (QED) is 0.782. The normalized spacial score (nSPS) is 21.6. The van der Waals surface area contributed by atoms with E-state index < -0.39 is 6.04 Å². The number of esters is 1. The van der Waals surface area contributed by atoms with E-state index in [1.165, 1.54) is 6.42 Å². The Balaban J connectivity index is 1.96. The molecule has 0 saturated heterocycles. The molecular weight excluding hydrogens is 352 g/mol. The zero-order chi connectivity index (χ0) is 18.7. The van der Waals surface area contributed by atoms with Crippen molar-refractivity contribution in [1.82, 2.24) is 10.2 Å². The molecule has 1 N–H and O–H groups in total. The Labute approximate surface area is 159 Å². The molecule has 1 unspecified atom stereocenters. The molecule has 0 radical (unpaired) electrons. The smallest absolute Gasteiger partial charge is 0.338 e. The van der Waals surface area contributed by atoms with Gasteiger partial charge in [-0.3, -0.25) is 4.90 Å². The number of halogens is 1. The van der Waals surface area contributed by atoms with Gasteiger partial charge in [0.05, 0.1) is 11.6 Å². The number of carbonyl (C=O) groups is 2. The second kappa shape index (κ2) is 8.12. The van der Waals surface area contributed by atoms with E-state index in [1.54, 1.807) is 17.9 Å². The summed E-state index contributed by atoms with van der Waals surface area (Å²) in [5.74, 6) is -0.363. The highest BCUT2D eigenvalue weighted by atomic mass is 35.5. The van der Waals surface area contributed by atoms with Crippen LogP contribution >= 0.6 is 11.6 Å². The number of hydrogen-bond donors (Lipinski definition) is 1. The lowest BCUT2D eigenvalue weighted by Crippen LogP contribution is -2.48. The van der Waals surface area contributed by atoms with Gasteiger partial charge < -0.3 is 10.1 Å². The van der Waals surface area contributed by atoms with Crippen molar-refractivity contribution < 1.29 is 14.3 Å². The molecule has 2 amide bonds. The standard InChI is InChI=1S/C20H25ClN2O3/c1-3-23-13(2)17(19(24)26-14-9-5-4-6-10-14)18(22-20(23)25)15-11-7-8-12-16(15)21/h7-8,11-12,14,18H,3-6,9-10H2,1-2H3,(H,22,25). The van der Waals surface area contributed by atoms with Crippen molar-refractivity contribution in [3.63, 3.8) is 0 Å². The van der Waals surface area contributed by atoms with Gasteiger partial charge >= 0.3 is 12.0 Å². The fourth-order valence-electron chi connectivity index (χ4n) is 3.77. The Morgan fingerprint density at radius 1 is 1.27 bits per heavy atom. The Bertz CT molecular complexity index is 726. The summed E-state index contributed by atoms with van der Waals surface area (Å²) in [6.07, 6.45) is 5.12. The second-order valence-electron chi connectivity index (χ2n) is 6.81. The predicted octanol–water partition coefficient (Wildman–Crippen LogP) is 4.58. The fourth-order valence-corrected chi connectivity index (χ4v) is 4.01. The van der Waals surface area contributed by atoms with Crippen LogP contribution in [0.15, 0.2) is 35.5 Å². The van der Waals surface area contributed by atoms with E-state index in [0.717, 1.165) is 25.7 Å². The molecule has 1 saturated carbocycles. The van der Waals surface area contributed by atoms with Crippen LogP contribution in [-0.4, -0.2) is 29.5 Å². The van der Waals surface area contributed by atoms with Gasteiger partial charge in [0.1, 0.15) is 6.10 Å². The van der Waals surface area contributed by atoms with Crippen LogP contribution in [0.3, 0.4) is 0 Å². The molecule has 1 aromatic rings. The van der Waals surface area contributed by atoms with Gasteiger partial charge in [0.15, 0.2) is 0 Å². The van der Waals surface area contributed by atoms with Gasteiger partial charge in [-0.05, 0) is 51.2 Å². The first kappa shape index (κ1) is 18.8. The SMILES string of the molecule is CCN1C(=O)NC(c2ccccc2Cl)C(C(=O)OC2CCCCC2)=C1C. The van der Waals surface area contributed by atoms with E-state index in [2.05, 4.69) is 5.32 Å². The van der Waals surface area contributed by atoms with Crippen molar-refractivity contribution in [2.75, 3.05) is 6.54 Å². The first-order chi connectivity index (χ1) is 12.5. The van der Waals surface area contributed by atoms with Gasteiger partial charge in [-0.25, -0.2) is 9.59 Å². The minimum Gasteiger partial charge on any atom is -0.459 e. The van der Waals surface area contributed by atoms with Crippen LogP contribution in [-0.2, 0) is 9.53 Å². The fraction of sp³-hybridized carbons (Fsp3) is 0.500. The number of benzene rings is 1. The number of nitrogens with one attached hydrogen (secondary N) is 1. The topological polar surface area (TPSA) is 58.6 Å². The summed E-state index contributed by atoms with van der Waals surface area (Å²) in [4.78, 5) is 27.1. The van der Waals surface area contributed by atoms with E-state index in [0.29, 0.717) is 28.4 Å². The van der Waals surface area contributed by atoms with Crippen molar-refractivity contribution in [2.45, 2.75) is 58.1 Å². The summed E-state index contributed by atoms with van der Waals surface area (Å²) in [6, 6.07) is 6.43. The molecule has 1 aliphatic carbocycles. The molecule has 0 aromatic heterocycles. The number of carbonyl (C=O) groups excluding carboxylic acids is 2. The van der Waals surface area contributed by atoms with Crippen LogP contribution in [0.1, 0.15) is 57.6 Å². The number of amides is 2. The third-order valence-corrected chi connectivity index (χ3v) is 5.52. The summed E-state index contributed by atoms with van der Waals surface area (Å²) >= 11 is 6.35. The maximum Gasteiger partial charge on any atom is 0.338 e. The number of allylic oxidation sites excluding steroid dienone is 1. The number of ether oxygens (including phenoxy) is 1. The van der Waals surface area contributed by atoms with Crippen LogP contribution in [0.4, 0.5) is 4.79 Å². The van der Waals surface area contributed by atoms with Crippen LogP contribution < -0.4 is 5.32 Å². The first-order valence-corrected chi connectivity index (χ1v) is 9.65. The molecule has 140 valence electrons. The summed E-state index contributed by atoms with van der Waals surface area (Å²) in [5.41, 5.74) is 1.79. The summed E-state index contributed by atoms with van der Waals surface area (Å²) in [6.45, 7) is 4.15. The number of hydrogen-bond acceptors (Lipinski definition) is 3. The maximum absolute atomic E-state index is 13.0. The molecular formula is C20H25ClN2O3. The predicted molar refractivity (Wildman–Crippen MR) is 101 cm³/mol. The Morgan fingerprint density at radius 3 is 2.62 bits per heavy atom. The number of urea groups is 1. The third kappa shape index (κ3) is 3.73. The highest BCUT2D eigenvalue weighted by Gasteiger charge is 2.37. The van der Waals surface area contributed by atoms with E-state index in [9.17, 15) is 9.59 Å². The summed E-state index contributed by atoms with van der Waals surface area (Å²) < 4.78 is 5.80. The largest absolute Gasteiger partial charge is 0.459 e. The average molecular weight is 377 g/mol. The molecule has 0 spiro atoms. The van der Waals surface area contributed by atoms with Crippen molar-refractivity contribution in [3.8, 4) is 0 Å². The molecule has 5 nitrogen and oxygen atoms in total. The van der Waals surface area contributed by atoms with Crippen LogP contribution in [0.5, 0.6) is 0 Å². The Morgan fingerprint density at radius 2 is 1.96 bits per heavy atom. The maximum atomic E-state index is 13.0. The zero-order valence-electron chi connectivity index (χ0n) is 15.3.